The van der Waals surface area contributed by atoms with Gasteiger partial charge in [0.25, 0.3) is 0 Å². The average molecular weight is 249 g/mol. The van der Waals surface area contributed by atoms with Crippen LogP contribution < -0.4 is 10.5 Å². The predicted molar refractivity (Wildman–Crippen MR) is 75.4 cm³/mol. The van der Waals surface area contributed by atoms with Gasteiger partial charge in [0.15, 0.2) is 0 Å². The maximum Gasteiger partial charge on any atom is 0.120 e. The number of methoxy groups -OCH3 is 1. The van der Waals surface area contributed by atoms with Crippen molar-refractivity contribution in [2.45, 2.75) is 25.7 Å². The van der Waals surface area contributed by atoms with E-state index in [-0.39, 0.29) is 5.41 Å². The number of anilines is 1. The van der Waals surface area contributed by atoms with Gasteiger partial charge in [-0.25, -0.2) is 0 Å². The number of rotatable bonds is 3. The van der Waals surface area contributed by atoms with Crippen LogP contribution in [0.15, 0.2) is 23.1 Å². The Hall–Kier alpha value is -1.27. The number of nitrogen functional groups attached to an aromatic ring is 1. The second-order valence-corrected chi connectivity index (χ2v) is 5.76. The lowest BCUT2D eigenvalue weighted by molar-refractivity contribution is 0.414. The fourth-order valence-corrected chi connectivity index (χ4v) is 1.92. The standard InChI is InChI=1S/C14H19NOS/c1-14(2,3)8-5-9-17-13-10-11(16-4)6-7-12(13)15/h6-7,10H,9,15H2,1-4H3. The summed E-state index contributed by atoms with van der Waals surface area (Å²) in [6, 6.07) is 5.66. The van der Waals surface area contributed by atoms with Crippen LogP contribution in [0.2, 0.25) is 0 Å². The van der Waals surface area contributed by atoms with Gasteiger partial charge in [0.05, 0.1) is 12.9 Å². The minimum Gasteiger partial charge on any atom is -0.497 e. The van der Waals surface area contributed by atoms with Gasteiger partial charge >= 0.3 is 0 Å². The van der Waals surface area contributed by atoms with Crippen molar-refractivity contribution in [2.24, 2.45) is 5.41 Å². The summed E-state index contributed by atoms with van der Waals surface area (Å²) in [4.78, 5) is 1.02. The van der Waals surface area contributed by atoms with Crippen molar-refractivity contribution in [1.82, 2.24) is 0 Å². The topological polar surface area (TPSA) is 35.2 Å². The molecule has 1 aromatic carbocycles. The zero-order valence-corrected chi connectivity index (χ0v) is 11.6. The van der Waals surface area contributed by atoms with Gasteiger partial charge in [-0.05, 0) is 39.0 Å². The molecule has 0 aliphatic rings. The van der Waals surface area contributed by atoms with Crippen molar-refractivity contribution in [3.8, 4) is 17.6 Å². The van der Waals surface area contributed by atoms with Crippen molar-refractivity contribution in [1.29, 1.82) is 0 Å². The molecule has 0 atom stereocenters. The van der Waals surface area contributed by atoms with E-state index >= 15 is 0 Å². The van der Waals surface area contributed by atoms with Crippen LogP contribution in [0.25, 0.3) is 0 Å². The van der Waals surface area contributed by atoms with E-state index in [1.54, 1.807) is 18.9 Å². The summed E-state index contributed by atoms with van der Waals surface area (Å²) in [5.41, 5.74) is 6.72. The number of nitrogens with two attached hydrogens (primary N) is 1. The molecule has 0 unspecified atom stereocenters. The lowest BCUT2D eigenvalue weighted by Crippen LogP contribution is -1.99. The molecule has 1 aromatic rings. The molecular formula is C14H19NOS. The Bertz CT molecular complexity index is 438. The average Bonchev–Trinajstić information content (AvgIpc) is 2.25. The van der Waals surface area contributed by atoms with E-state index < -0.39 is 0 Å². The van der Waals surface area contributed by atoms with Crippen LogP contribution in [0.1, 0.15) is 20.8 Å². The lowest BCUT2D eigenvalue weighted by Gasteiger charge is -2.08. The Balaban J connectivity index is 2.65. The van der Waals surface area contributed by atoms with E-state index in [2.05, 4.69) is 32.6 Å². The fraction of sp³-hybridized carbons (Fsp3) is 0.429. The SMILES string of the molecule is COc1ccc(N)c(SCC#CC(C)(C)C)c1. The predicted octanol–water partition coefficient (Wildman–Crippen LogP) is 3.42. The minimum absolute atomic E-state index is 0.0560. The first-order valence-electron chi connectivity index (χ1n) is 5.49. The third-order valence-electron chi connectivity index (χ3n) is 1.98. The quantitative estimate of drug-likeness (QED) is 0.506. The van der Waals surface area contributed by atoms with E-state index in [9.17, 15) is 0 Å². The Morgan fingerprint density at radius 3 is 2.65 bits per heavy atom. The van der Waals surface area contributed by atoms with Crippen LogP contribution in [0.5, 0.6) is 5.75 Å². The summed E-state index contributed by atoms with van der Waals surface area (Å²) in [7, 11) is 1.65. The maximum atomic E-state index is 5.89. The highest BCUT2D eigenvalue weighted by atomic mass is 32.2. The Morgan fingerprint density at radius 1 is 1.35 bits per heavy atom. The molecule has 0 heterocycles. The van der Waals surface area contributed by atoms with Gasteiger partial charge in [0.1, 0.15) is 5.75 Å². The van der Waals surface area contributed by atoms with Crippen molar-refractivity contribution >= 4 is 17.4 Å². The molecule has 0 bridgehead atoms. The van der Waals surface area contributed by atoms with Gasteiger partial charge in [-0.1, -0.05) is 11.8 Å². The third kappa shape index (κ3) is 5.06. The molecule has 92 valence electrons. The van der Waals surface area contributed by atoms with E-state index in [0.29, 0.717) is 0 Å². The van der Waals surface area contributed by atoms with E-state index in [1.165, 1.54) is 0 Å². The van der Waals surface area contributed by atoms with Crippen molar-refractivity contribution in [3.63, 3.8) is 0 Å². The highest BCUT2D eigenvalue weighted by molar-refractivity contribution is 7.99. The van der Waals surface area contributed by atoms with E-state index in [0.717, 1.165) is 22.1 Å². The van der Waals surface area contributed by atoms with Crippen molar-refractivity contribution < 1.29 is 4.74 Å². The van der Waals surface area contributed by atoms with Crippen LogP contribution in [0, 0.1) is 17.3 Å². The molecule has 1 rings (SSSR count). The Kier molecular flexibility index (Phi) is 4.77. The number of hydrogen-bond donors (Lipinski definition) is 1. The normalized spacial score (nSPS) is 10.6. The molecule has 0 saturated heterocycles. The molecule has 0 radical (unpaired) electrons. The molecule has 3 heteroatoms. The number of hydrogen-bond acceptors (Lipinski definition) is 3. The Labute approximate surface area is 108 Å². The molecule has 0 saturated carbocycles. The number of ether oxygens (including phenoxy) is 1. The third-order valence-corrected chi connectivity index (χ3v) is 2.94. The van der Waals surface area contributed by atoms with Crippen LogP contribution >= 0.6 is 11.8 Å². The maximum absolute atomic E-state index is 5.89. The molecule has 0 aromatic heterocycles. The fourth-order valence-electron chi connectivity index (χ4n) is 1.18. The van der Waals surface area contributed by atoms with Crippen LogP contribution in [-0.2, 0) is 0 Å². The minimum atomic E-state index is 0.0560. The molecule has 2 N–H and O–H groups in total. The molecule has 0 aliphatic heterocycles. The largest absolute Gasteiger partial charge is 0.497 e. The molecule has 17 heavy (non-hydrogen) atoms. The van der Waals surface area contributed by atoms with Gasteiger partial charge in [-0.15, -0.1) is 11.8 Å². The number of thioether (sulfide) groups is 1. The zero-order valence-electron chi connectivity index (χ0n) is 10.8. The summed E-state index contributed by atoms with van der Waals surface area (Å²) in [5.74, 6) is 7.92. The van der Waals surface area contributed by atoms with E-state index in [4.69, 9.17) is 10.5 Å². The second-order valence-electron chi connectivity index (χ2n) is 4.74. The highest BCUT2D eigenvalue weighted by Gasteiger charge is 2.04. The molecule has 0 aliphatic carbocycles. The molecule has 0 amide bonds. The van der Waals surface area contributed by atoms with Gasteiger partial charge in [-0.2, -0.15) is 0 Å². The summed E-state index contributed by atoms with van der Waals surface area (Å²) in [6.45, 7) is 6.31. The highest BCUT2D eigenvalue weighted by Crippen LogP contribution is 2.28. The van der Waals surface area contributed by atoms with Crippen LogP contribution in [0.3, 0.4) is 0 Å². The van der Waals surface area contributed by atoms with Crippen LogP contribution in [0.4, 0.5) is 5.69 Å². The summed E-state index contributed by atoms with van der Waals surface area (Å²) >= 11 is 1.64. The second kappa shape index (κ2) is 5.88. The number of benzene rings is 1. The molecular weight excluding hydrogens is 230 g/mol. The first-order valence-corrected chi connectivity index (χ1v) is 6.47. The molecule has 0 spiro atoms. The zero-order chi connectivity index (χ0) is 12.9. The smallest absolute Gasteiger partial charge is 0.120 e. The Morgan fingerprint density at radius 2 is 2.06 bits per heavy atom. The molecule has 2 nitrogen and oxygen atoms in total. The van der Waals surface area contributed by atoms with Crippen LogP contribution in [-0.4, -0.2) is 12.9 Å². The van der Waals surface area contributed by atoms with Gasteiger partial charge in [-0.3, -0.25) is 0 Å². The first kappa shape index (κ1) is 13.8. The summed E-state index contributed by atoms with van der Waals surface area (Å²) in [6.07, 6.45) is 0. The van der Waals surface area contributed by atoms with Crippen molar-refractivity contribution in [3.05, 3.63) is 18.2 Å². The molecule has 0 fully saturated rings. The summed E-state index contributed by atoms with van der Waals surface area (Å²) in [5, 5.41) is 0. The van der Waals surface area contributed by atoms with Gasteiger partial charge in [0.2, 0.25) is 0 Å². The lowest BCUT2D eigenvalue weighted by atomic mass is 9.98. The summed E-state index contributed by atoms with van der Waals surface area (Å²) < 4.78 is 5.17. The first-order chi connectivity index (χ1) is 7.92. The van der Waals surface area contributed by atoms with Gasteiger partial charge in [0, 0.05) is 16.0 Å². The van der Waals surface area contributed by atoms with Crippen molar-refractivity contribution in [2.75, 3.05) is 18.6 Å². The monoisotopic (exact) mass is 249 g/mol. The van der Waals surface area contributed by atoms with E-state index in [1.807, 2.05) is 18.2 Å². The van der Waals surface area contributed by atoms with Gasteiger partial charge < -0.3 is 10.5 Å².